The molecule has 8 heteroatoms. The van der Waals surface area contributed by atoms with E-state index in [2.05, 4.69) is 5.32 Å². The number of carbonyl (C=O) groups is 1. The maximum atomic E-state index is 11.4. The minimum Gasteiger partial charge on any atom is -0.494 e. The van der Waals surface area contributed by atoms with Crippen LogP contribution in [0.3, 0.4) is 0 Å². The number of halogens is 1. The van der Waals surface area contributed by atoms with Crippen molar-refractivity contribution in [1.29, 1.82) is 0 Å². The molecule has 7 nitrogen and oxygen atoms in total. The van der Waals surface area contributed by atoms with Crippen molar-refractivity contribution in [3.8, 4) is 5.75 Å². The van der Waals surface area contributed by atoms with Gasteiger partial charge in [0.05, 0.1) is 24.9 Å². The molecule has 1 aliphatic rings. The van der Waals surface area contributed by atoms with Gasteiger partial charge in [-0.15, -0.1) is 0 Å². The summed E-state index contributed by atoms with van der Waals surface area (Å²) in [5, 5.41) is 34.1. The fraction of sp³-hybridized carbons (Fsp3) is 0.435. The zero-order valence-corrected chi connectivity index (χ0v) is 18.3. The first-order valence-electron chi connectivity index (χ1n) is 10.2. The van der Waals surface area contributed by atoms with E-state index in [9.17, 15) is 20.1 Å². The van der Waals surface area contributed by atoms with Gasteiger partial charge in [0.2, 0.25) is 6.41 Å². The van der Waals surface area contributed by atoms with Crippen LogP contribution in [0.2, 0.25) is 5.02 Å². The van der Waals surface area contributed by atoms with Gasteiger partial charge in [-0.3, -0.25) is 4.79 Å². The molecule has 1 aliphatic heterocycles. The molecule has 0 radical (unpaired) electrons. The summed E-state index contributed by atoms with van der Waals surface area (Å²) < 4.78 is 11.5. The second-order valence-corrected chi connectivity index (χ2v) is 8.39. The third-order valence-electron chi connectivity index (χ3n) is 5.54. The lowest BCUT2D eigenvalue weighted by molar-refractivity contribution is -0.286. The largest absolute Gasteiger partial charge is 0.494 e. The number of amides is 1. The minimum atomic E-state index is -1.74. The summed E-state index contributed by atoms with van der Waals surface area (Å²) in [4.78, 5) is 11.4. The van der Waals surface area contributed by atoms with Gasteiger partial charge >= 0.3 is 0 Å². The fourth-order valence-corrected chi connectivity index (χ4v) is 4.14. The summed E-state index contributed by atoms with van der Waals surface area (Å²) in [5.41, 5.74) is -0.753. The Morgan fingerprint density at radius 3 is 2.58 bits per heavy atom. The molecule has 168 valence electrons. The first kappa shape index (κ1) is 23.5. The molecule has 1 amide bonds. The van der Waals surface area contributed by atoms with Gasteiger partial charge < -0.3 is 30.1 Å². The zero-order chi connectivity index (χ0) is 22.6. The summed E-state index contributed by atoms with van der Waals surface area (Å²) in [6.07, 6.45) is -1.76. The molecule has 2 aromatic carbocycles. The molecule has 1 unspecified atom stereocenters. The molecular weight excluding hydrogens is 422 g/mol. The van der Waals surface area contributed by atoms with Crippen LogP contribution in [0.4, 0.5) is 0 Å². The van der Waals surface area contributed by atoms with Crippen molar-refractivity contribution in [3.05, 3.63) is 64.2 Å². The maximum Gasteiger partial charge on any atom is 0.209 e. The van der Waals surface area contributed by atoms with Gasteiger partial charge in [0.15, 0.2) is 5.72 Å². The zero-order valence-electron chi connectivity index (χ0n) is 17.5. The van der Waals surface area contributed by atoms with Gasteiger partial charge in [0, 0.05) is 17.0 Å². The molecule has 0 saturated carbocycles. The highest BCUT2D eigenvalue weighted by molar-refractivity contribution is 6.31. The van der Waals surface area contributed by atoms with E-state index in [4.69, 9.17) is 21.1 Å². The molecule has 1 fully saturated rings. The molecule has 0 spiro atoms. The summed E-state index contributed by atoms with van der Waals surface area (Å²) >= 11 is 6.43. The van der Waals surface area contributed by atoms with E-state index in [0.29, 0.717) is 30.0 Å². The van der Waals surface area contributed by atoms with Crippen molar-refractivity contribution in [2.24, 2.45) is 0 Å². The molecule has 31 heavy (non-hydrogen) atoms. The van der Waals surface area contributed by atoms with Crippen LogP contribution in [0.1, 0.15) is 37.0 Å². The third-order valence-corrected chi connectivity index (χ3v) is 5.91. The number of benzene rings is 2. The van der Waals surface area contributed by atoms with Crippen molar-refractivity contribution < 1.29 is 29.6 Å². The van der Waals surface area contributed by atoms with E-state index in [1.165, 1.54) is 0 Å². The van der Waals surface area contributed by atoms with Crippen molar-refractivity contribution in [3.63, 3.8) is 0 Å². The van der Waals surface area contributed by atoms with Gasteiger partial charge in [-0.2, -0.15) is 0 Å². The number of rotatable bonds is 8. The standard InChI is InChI=1S/C23H28ClNO6/c1-3-30-18-7-4-15(5-8-18)10-16-11-17(6-9-19(16)24)23(25-14-27)21(29)20(28)12-22(2,13-26)31-23/h4-9,11,14,20-21,26,28-29H,3,10,12-13H2,1-2H3,(H,25,27)/t20?,21-,22+,23+/m1/s1. The molecule has 2 aromatic rings. The average molecular weight is 450 g/mol. The molecule has 4 atom stereocenters. The van der Waals surface area contributed by atoms with Crippen LogP contribution in [0, 0.1) is 0 Å². The highest BCUT2D eigenvalue weighted by atomic mass is 35.5. The van der Waals surface area contributed by atoms with E-state index in [-0.39, 0.29) is 6.42 Å². The fourth-order valence-electron chi connectivity index (χ4n) is 3.96. The Hall–Kier alpha value is -2.16. The molecule has 1 saturated heterocycles. The van der Waals surface area contributed by atoms with Gasteiger partial charge in [0.25, 0.3) is 0 Å². The summed E-state index contributed by atoms with van der Waals surface area (Å²) in [6, 6.07) is 12.6. The number of aliphatic hydroxyl groups is 3. The Labute approximate surface area is 186 Å². The maximum absolute atomic E-state index is 11.4. The number of hydrogen-bond acceptors (Lipinski definition) is 6. The Balaban J connectivity index is 1.99. The number of ether oxygens (including phenoxy) is 2. The normalized spacial score (nSPS) is 28.2. The number of carbonyl (C=O) groups excluding carboxylic acids is 1. The Morgan fingerprint density at radius 2 is 1.97 bits per heavy atom. The van der Waals surface area contributed by atoms with Crippen LogP contribution in [0.15, 0.2) is 42.5 Å². The van der Waals surface area contributed by atoms with E-state index < -0.39 is 30.1 Å². The Morgan fingerprint density at radius 1 is 1.26 bits per heavy atom. The first-order chi connectivity index (χ1) is 14.8. The monoisotopic (exact) mass is 449 g/mol. The Bertz CT molecular complexity index is 907. The lowest BCUT2D eigenvalue weighted by Gasteiger charge is -2.50. The average Bonchev–Trinajstić information content (AvgIpc) is 2.75. The van der Waals surface area contributed by atoms with Crippen LogP contribution in [0.5, 0.6) is 5.75 Å². The van der Waals surface area contributed by atoms with Gasteiger partial charge in [0.1, 0.15) is 11.9 Å². The van der Waals surface area contributed by atoms with Crippen LogP contribution >= 0.6 is 11.6 Å². The molecular formula is C23H28ClNO6. The van der Waals surface area contributed by atoms with Crippen LogP contribution in [-0.4, -0.2) is 52.8 Å². The van der Waals surface area contributed by atoms with E-state index in [1.54, 1.807) is 25.1 Å². The highest BCUT2D eigenvalue weighted by Crippen LogP contribution is 2.41. The van der Waals surface area contributed by atoms with Crippen molar-refractivity contribution in [2.75, 3.05) is 13.2 Å². The second kappa shape index (κ2) is 9.54. The topological polar surface area (TPSA) is 108 Å². The molecule has 4 N–H and O–H groups in total. The van der Waals surface area contributed by atoms with Crippen LogP contribution in [-0.2, 0) is 21.7 Å². The number of hydrogen-bond donors (Lipinski definition) is 4. The van der Waals surface area contributed by atoms with Gasteiger partial charge in [-0.05, 0) is 55.7 Å². The van der Waals surface area contributed by atoms with Crippen LogP contribution in [0.25, 0.3) is 0 Å². The van der Waals surface area contributed by atoms with E-state index in [0.717, 1.165) is 16.9 Å². The highest BCUT2D eigenvalue weighted by Gasteiger charge is 2.54. The predicted molar refractivity (Wildman–Crippen MR) is 116 cm³/mol. The Kier molecular flexibility index (Phi) is 7.24. The second-order valence-electron chi connectivity index (χ2n) is 7.98. The van der Waals surface area contributed by atoms with E-state index in [1.807, 2.05) is 31.2 Å². The van der Waals surface area contributed by atoms with Crippen molar-refractivity contribution in [2.45, 2.75) is 50.2 Å². The molecule has 1 heterocycles. The van der Waals surface area contributed by atoms with Gasteiger partial charge in [-0.1, -0.05) is 29.8 Å². The summed E-state index contributed by atoms with van der Waals surface area (Å²) in [7, 11) is 0. The summed E-state index contributed by atoms with van der Waals surface area (Å²) in [6.45, 7) is 3.72. The smallest absolute Gasteiger partial charge is 0.209 e. The minimum absolute atomic E-state index is 0.0135. The van der Waals surface area contributed by atoms with Crippen LogP contribution < -0.4 is 10.1 Å². The third kappa shape index (κ3) is 4.86. The molecule has 0 aliphatic carbocycles. The predicted octanol–water partition coefficient (Wildman–Crippen LogP) is 2.12. The molecule has 3 rings (SSSR count). The number of aliphatic hydroxyl groups excluding tert-OH is 3. The number of nitrogens with one attached hydrogen (secondary N) is 1. The van der Waals surface area contributed by atoms with E-state index >= 15 is 0 Å². The molecule has 0 aromatic heterocycles. The van der Waals surface area contributed by atoms with Gasteiger partial charge in [-0.25, -0.2) is 0 Å². The first-order valence-corrected chi connectivity index (χ1v) is 10.5. The summed E-state index contributed by atoms with van der Waals surface area (Å²) in [5.74, 6) is 0.774. The molecule has 0 bridgehead atoms. The lowest BCUT2D eigenvalue weighted by Crippen LogP contribution is -2.66. The lowest BCUT2D eigenvalue weighted by atomic mass is 9.82. The quantitative estimate of drug-likeness (QED) is 0.460. The van der Waals surface area contributed by atoms with Crippen molar-refractivity contribution >= 4 is 18.0 Å². The van der Waals surface area contributed by atoms with Crippen molar-refractivity contribution in [1.82, 2.24) is 5.32 Å². The SMILES string of the molecule is CCOc1ccc(Cc2cc([C@]3(NC=O)O[C@](C)(CO)CC(O)[C@H]3O)ccc2Cl)cc1.